The van der Waals surface area contributed by atoms with Gasteiger partial charge in [-0.05, 0) is 37.0 Å². The minimum atomic E-state index is -0.451. The van der Waals surface area contributed by atoms with Crippen LogP contribution in [0.15, 0.2) is 22.6 Å². The number of aryl methyl sites for hydroxylation is 1. The topological polar surface area (TPSA) is 68.5 Å². The number of likely N-dealkylation sites (tertiary alicyclic amines) is 1. The third kappa shape index (κ3) is 2.57. The van der Waals surface area contributed by atoms with E-state index in [1.807, 2.05) is 6.92 Å². The highest BCUT2D eigenvalue weighted by Gasteiger charge is 2.55. The second-order valence-corrected chi connectivity index (χ2v) is 7.13. The Morgan fingerprint density at radius 1 is 1.46 bits per heavy atom. The highest BCUT2D eigenvalue weighted by atomic mass is 19.1. The zero-order valence-electron chi connectivity index (χ0n) is 15.0. The number of hydrogen-bond donors (Lipinski definition) is 0. The highest BCUT2D eigenvalue weighted by Crippen LogP contribution is 2.50. The third-order valence-electron chi connectivity index (χ3n) is 5.75. The molecule has 2 aliphatic rings. The Labute approximate surface area is 151 Å². The van der Waals surface area contributed by atoms with E-state index in [1.165, 1.54) is 25.3 Å². The van der Waals surface area contributed by atoms with Crippen LogP contribution in [0.4, 0.5) is 4.39 Å². The van der Waals surface area contributed by atoms with Crippen LogP contribution in [0.1, 0.15) is 48.3 Å². The molecule has 2 fully saturated rings. The molecule has 1 aromatic heterocycles. The van der Waals surface area contributed by atoms with E-state index in [4.69, 9.17) is 9.15 Å². The molecule has 2 heterocycles. The second kappa shape index (κ2) is 6.37. The summed E-state index contributed by atoms with van der Waals surface area (Å²) < 4.78 is 24.8. The smallest absolute Gasteiger partial charge is 0.257 e. The van der Waals surface area contributed by atoms with Gasteiger partial charge in [0.15, 0.2) is 0 Å². The van der Waals surface area contributed by atoms with Gasteiger partial charge in [-0.15, -0.1) is 10.2 Å². The molecule has 0 spiro atoms. The molecule has 0 unspecified atom stereocenters. The lowest BCUT2D eigenvalue weighted by atomic mass is 9.80. The Morgan fingerprint density at radius 3 is 3.04 bits per heavy atom. The van der Waals surface area contributed by atoms with Crippen molar-refractivity contribution in [2.45, 2.75) is 38.0 Å². The van der Waals surface area contributed by atoms with Gasteiger partial charge in [-0.25, -0.2) is 4.39 Å². The van der Waals surface area contributed by atoms with Gasteiger partial charge in [-0.3, -0.25) is 4.79 Å². The van der Waals surface area contributed by atoms with Crippen LogP contribution in [-0.4, -0.2) is 41.2 Å². The molecule has 2 aromatic rings. The molecule has 1 aliphatic carbocycles. The number of carbonyl (C=O) groups is 1. The molecule has 0 radical (unpaired) electrons. The Hall–Kier alpha value is -2.44. The Bertz CT molecular complexity index is 837. The summed E-state index contributed by atoms with van der Waals surface area (Å²) in [6.07, 6.45) is 3.72. The SMILES string of the molecule is CCc1nnc([C@]23CCC[C@H]2CN(C(=O)c2cc(F)ccc2OC)C3)o1. The number of benzene rings is 1. The van der Waals surface area contributed by atoms with Gasteiger partial charge in [0.25, 0.3) is 5.91 Å². The number of carbonyl (C=O) groups excluding carboxylic acids is 1. The largest absolute Gasteiger partial charge is 0.496 e. The fraction of sp³-hybridized carbons (Fsp3) is 0.526. The van der Waals surface area contributed by atoms with Crippen molar-refractivity contribution in [3.05, 3.63) is 41.4 Å². The van der Waals surface area contributed by atoms with Crippen LogP contribution in [0.25, 0.3) is 0 Å². The van der Waals surface area contributed by atoms with Gasteiger partial charge in [0, 0.05) is 19.5 Å². The van der Waals surface area contributed by atoms with Gasteiger partial charge in [0.05, 0.1) is 18.1 Å². The molecule has 26 heavy (non-hydrogen) atoms. The Kier molecular flexibility index (Phi) is 4.17. The first-order chi connectivity index (χ1) is 12.6. The van der Waals surface area contributed by atoms with Crippen molar-refractivity contribution in [1.29, 1.82) is 0 Å². The molecule has 1 saturated heterocycles. The van der Waals surface area contributed by atoms with Gasteiger partial charge >= 0.3 is 0 Å². The van der Waals surface area contributed by atoms with Crippen LogP contribution >= 0.6 is 0 Å². The molecule has 1 saturated carbocycles. The first kappa shape index (κ1) is 17.0. The molecule has 1 aliphatic heterocycles. The van der Waals surface area contributed by atoms with Gasteiger partial charge in [-0.2, -0.15) is 0 Å². The van der Waals surface area contributed by atoms with E-state index in [2.05, 4.69) is 10.2 Å². The predicted octanol–water partition coefficient (Wildman–Crippen LogP) is 2.97. The van der Waals surface area contributed by atoms with Gasteiger partial charge in [0.2, 0.25) is 11.8 Å². The van der Waals surface area contributed by atoms with Crippen molar-refractivity contribution < 1.29 is 18.3 Å². The fourth-order valence-electron chi connectivity index (χ4n) is 4.41. The third-order valence-corrected chi connectivity index (χ3v) is 5.75. The van der Waals surface area contributed by atoms with Crippen molar-refractivity contribution >= 4 is 5.91 Å². The van der Waals surface area contributed by atoms with Crippen molar-refractivity contribution in [2.24, 2.45) is 5.92 Å². The summed E-state index contributed by atoms with van der Waals surface area (Å²) in [6, 6.07) is 4.02. The van der Waals surface area contributed by atoms with E-state index in [9.17, 15) is 9.18 Å². The fourth-order valence-corrected chi connectivity index (χ4v) is 4.41. The van der Waals surface area contributed by atoms with Crippen LogP contribution < -0.4 is 4.74 Å². The normalized spacial score (nSPS) is 24.7. The van der Waals surface area contributed by atoms with Crippen molar-refractivity contribution in [2.75, 3.05) is 20.2 Å². The number of aromatic nitrogens is 2. The summed E-state index contributed by atoms with van der Waals surface area (Å²) in [7, 11) is 1.48. The standard InChI is InChI=1S/C19H22FN3O3/c1-3-16-21-22-18(26-16)19-8-4-5-12(19)10-23(11-19)17(24)14-9-13(20)6-7-15(14)25-2/h6-7,9,12H,3-5,8,10-11H2,1-2H3/t12-,19-/m0/s1. The van der Waals surface area contributed by atoms with E-state index >= 15 is 0 Å². The van der Waals surface area contributed by atoms with Crippen molar-refractivity contribution in [3.63, 3.8) is 0 Å². The van der Waals surface area contributed by atoms with Crippen LogP contribution in [0.3, 0.4) is 0 Å². The molecular weight excluding hydrogens is 337 g/mol. The van der Waals surface area contributed by atoms with Gasteiger partial charge in [-0.1, -0.05) is 13.3 Å². The number of ether oxygens (including phenoxy) is 1. The molecule has 2 atom stereocenters. The average molecular weight is 359 g/mol. The minimum Gasteiger partial charge on any atom is -0.496 e. The minimum absolute atomic E-state index is 0.217. The maximum atomic E-state index is 13.7. The number of nitrogens with zero attached hydrogens (tertiary/aromatic N) is 3. The van der Waals surface area contributed by atoms with Gasteiger partial charge < -0.3 is 14.1 Å². The number of fused-ring (bicyclic) bond motifs is 1. The summed E-state index contributed by atoms with van der Waals surface area (Å²) in [4.78, 5) is 14.8. The highest BCUT2D eigenvalue weighted by molar-refractivity contribution is 5.97. The van der Waals surface area contributed by atoms with Crippen LogP contribution in [0, 0.1) is 11.7 Å². The number of rotatable bonds is 4. The molecule has 0 N–H and O–H groups in total. The second-order valence-electron chi connectivity index (χ2n) is 7.13. The first-order valence-electron chi connectivity index (χ1n) is 9.03. The molecule has 6 nitrogen and oxygen atoms in total. The summed E-state index contributed by atoms with van der Waals surface area (Å²) in [5, 5.41) is 8.39. The molecule has 1 amide bonds. The summed E-state index contributed by atoms with van der Waals surface area (Å²) in [5.74, 6) is 1.26. The maximum absolute atomic E-state index is 13.7. The first-order valence-corrected chi connectivity index (χ1v) is 9.03. The van der Waals surface area contributed by atoms with E-state index in [0.29, 0.717) is 37.0 Å². The zero-order chi connectivity index (χ0) is 18.3. The van der Waals surface area contributed by atoms with Crippen LogP contribution in [-0.2, 0) is 11.8 Å². The van der Waals surface area contributed by atoms with Gasteiger partial charge in [0.1, 0.15) is 11.6 Å². The molecule has 7 heteroatoms. The van der Waals surface area contributed by atoms with E-state index in [0.717, 1.165) is 19.3 Å². The Morgan fingerprint density at radius 2 is 2.31 bits per heavy atom. The van der Waals surface area contributed by atoms with E-state index < -0.39 is 5.82 Å². The predicted molar refractivity (Wildman–Crippen MR) is 91.6 cm³/mol. The average Bonchev–Trinajstić information content (AvgIpc) is 3.34. The van der Waals surface area contributed by atoms with E-state index in [1.54, 1.807) is 4.90 Å². The lowest BCUT2D eigenvalue weighted by molar-refractivity contribution is 0.0771. The summed E-state index contributed by atoms with van der Waals surface area (Å²) >= 11 is 0. The zero-order valence-corrected chi connectivity index (χ0v) is 15.0. The quantitative estimate of drug-likeness (QED) is 0.839. The molecule has 1 aromatic carbocycles. The lowest BCUT2D eigenvalue weighted by Gasteiger charge is -2.24. The number of halogens is 1. The molecule has 138 valence electrons. The maximum Gasteiger partial charge on any atom is 0.257 e. The Balaban J connectivity index is 1.64. The monoisotopic (exact) mass is 359 g/mol. The van der Waals surface area contributed by atoms with Crippen molar-refractivity contribution in [1.82, 2.24) is 15.1 Å². The lowest BCUT2D eigenvalue weighted by Crippen LogP contribution is -2.35. The number of amides is 1. The van der Waals surface area contributed by atoms with Crippen LogP contribution in [0.2, 0.25) is 0 Å². The molecule has 0 bridgehead atoms. The van der Waals surface area contributed by atoms with Crippen molar-refractivity contribution in [3.8, 4) is 5.75 Å². The van der Waals surface area contributed by atoms with Crippen LogP contribution in [0.5, 0.6) is 5.75 Å². The molecular formula is C19H22FN3O3. The van der Waals surface area contributed by atoms with E-state index in [-0.39, 0.29) is 22.8 Å². The molecule has 4 rings (SSSR count). The summed E-state index contributed by atoms with van der Waals surface area (Å²) in [5.41, 5.74) is -0.0289. The number of methoxy groups -OCH3 is 1. The summed E-state index contributed by atoms with van der Waals surface area (Å²) in [6.45, 7) is 3.10. The number of hydrogen-bond acceptors (Lipinski definition) is 5.